The van der Waals surface area contributed by atoms with Crippen molar-refractivity contribution in [1.82, 2.24) is 11.1 Å². The number of aryl methyl sites for hydroxylation is 2. The molecule has 1 aromatic rings. The molecule has 0 aliphatic rings. The Balaban J connectivity index is 0.000000640. The molecule has 0 aliphatic heterocycles. The lowest BCUT2D eigenvalue weighted by Crippen LogP contribution is -1.78. The summed E-state index contributed by atoms with van der Waals surface area (Å²) in [6.45, 7) is 4.06. The van der Waals surface area contributed by atoms with Crippen molar-refractivity contribution < 1.29 is 0 Å². The van der Waals surface area contributed by atoms with Crippen LogP contribution in [0.4, 0.5) is 0 Å². The summed E-state index contributed by atoms with van der Waals surface area (Å²) in [6.07, 6.45) is 1.82. The van der Waals surface area contributed by atoms with Gasteiger partial charge in [-0.1, -0.05) is 0 Å². The zero-order chi connectivity index (χ0) is 5.98. The Morgan fingerprint density at radius 1 is 1.33 bits per heavy atom. The van der Waals surface area contributed by atoms with Gasteiger partial charge in [0.25, 0.3) is 0 Å². The second-order valence-electron chi connectivity index (χ2n) is 1.97. The van der Waals surface area contributed by atoms with Crippen LogP contribution in [-0.4, -0.2) is 4.98 Å². The quantitative estimate of drug-likeness (QED) is 0.573. The minimum absolute atomic E-state index is 0. The largest absolute Gasteiger partial charge is 0.344 e. The van der Waals surface area contributed by atoms with E-state index in [0.29, 0.717) is 0 Å². The average molecular weight is 124 g/mol. The number of nitrogens with zero attached hydrogens (tertiary/aromatic N) is 1. The highest BCUT2D eigenvalue weighted by atomic mass is 14.6. The first kappa shape index (κ1) is 8.11. The van der Waals surface area contributed by atoms with E-state index < -0.39 is 0 Å². The van der Waals surface area contributed by atoms with Crippen molar-refractivity contribution in [3.05, 3.63) is 29.6 Å². The SMILES string of the molecule is Cc1ccnc(C)c1.N. The van der Waals surface area contributed by atoms with Crippen molar-refractivity contribution in [3.63, 3.8) is 0 Å². The molecule has 0 spiro atoms. The minimum atomic E-state index is 0. The number of hydrogen-bond acceptors (Lipinski definition) is 2. The zero-order valence-corrected chi connectivity index (χ0v) is 5.89. The van der Waals surface area contributed by atoms with Gasteiger partial charge >= 0.3 is 0 Å². The summed E-state index contributed by atoms with van der Waals surface area (Å²) < 4.78 is 0. The standard InChI is InChI=1S/C7H9N.H3N/c1-6-3-4-8-7(2)5-6;/h3-5H,1-2H3;1H3. The van der Waals surface area contributed by atoms with Crippen LogP contribution >= 0.6 is 0 Å². The lowest BCUT2D eigenvalue weighted by atomic mass is 10.3. The summed E-state index contributed by atoms with van der Waals surface area (Å²) in [6, 6.07) is 4.05. The Labute approximate surface area is 55.5 Å². The lowest BCUT2D eigenvalue weighted by Gasteiger charge is -1.90. The van der Waals surface area contributed by atoms with Crippen molar-refractivity contribution in [1.29, 1.82) is 0 Å². The molecule has 9 heavy (non-hydrogen) atoms. The van der Waals surface area contributed by atoms with Crippen LogP contribution in [0.25, 0.3) is 0 Å². The van der Waals surface area contributed by atoms with E-state index in [1.807, 2.05) is 19.2 Å². The molecule has 1 heterocycles. The first-order chi connectivity index (χ1) is 3.79. The summed E-state index contributed by atoms with van der Waals surface area (Å²) in [5, 5.41) is 0. The van der Waals surface area contributed by atoms with E-state index in [2.05, 4.69) is 18.0 Å². The van der Waals surface area contributed by atoms with E-state index in [0.717, 1.165) is 5.69 Å². The molecule has 0 unspecified atom stereocenters. The van der Waals surface area contributed by atoms with Crippen molar-refractivity contribution in [3.8, 4) is 0 Å². The van der Waals surface area contributed by atoms with Crippen molar-refractivity contribution in [2.24, 2.45) is 0 Å². The topological polar surface area (TPSA) is 47.9 Å². The van der Waals surface area contributed by atoms with Crippen LogP contribution in [0.3, 0.4) is 0 Å². The van der Waals surface area contributed by atoms with Gasteiger partial charge in [0, 0.05) is 11.9 Å². The predicted molar refractivity (Wildman–Crippen MR) is 38.7 cm³/mol. The predicted octanol–water partition coefficient (Wildman–Crippen LogP) is 1.86. The molecule has 0 saturated carbocycles. The smallest absolute Gasteiger partial charge is 0.0375 e. The van der Waals surface area contributed by atoms with Crippen LogP contribution in [0.1, 0.15) is 11.3 Å². The van der Waals surface area contributed by atoms with Crippen molar-refractivity contribution in [2.75, 3.05) is 0 Å². The van der Waals surface area contributed by atoms with Crippen LogP contribution in [0, 0.1) is 13.8 Å². The molecule has 0 aliphatic carbocycles. The molecule has 0 atom stereocenters. The Hall–Kier alpha value is -0.890. The molecule has 0 bridgehead atoms. The number of pyridine rings is 1. The fraction of sp³-hybridized carbons (Fsp3) is 0.286. The maximum absolute atomic E-state index is 4.04. The number of hydrogen-bond donors (Lipinski definition) is 1. The Morgan fingerprint density at radius 3 is 2.33 bits per heavy atom. The highest BCUT2D eigenvalue weighted by Crippen LogP contribution is 1.95. The van der Waals surface area contributed by atoms with Crippen molar-refractivity contribution in [2.45, 2.75) is 13.8 Å². The third-order valence-electron chi connectivity index (χ3n) is 1.05. The molecule has 1 rings (SSSR count). The van der Waals surface area contributed by atoms with Gasteiger partial charge in [-0.2, -0.15) is 0 Å². The molecule has 0 fully saturated rings. The van der Waals surface area contributed by atoms with Crippen LogP contribution in [0.2, 0.25) is 0 Å². The molecular formula is C7H12N2. The third-order valence-corrected chi connectivity index (χ3v) is 1.05. The van der Waals surface area contributed by atoms with Crippen LogP contribution in [0.15, 0.2) is 18.3 Å². The van der Waals surface area contributed by atoms with Gasteiger partial charge in [0.1, 0.15) is 0 Å². The summed E-state index contributed by atoms with van der Waals surface area (Å²) in [7, 11) is 0. The van der Waals surface area contributed by atoms with Crippen LogP contribution in [-0.2, 0) is 0 Å². The second-order valence-corrected chi connectivity index (χ2v) is 1.97. The molecule has 3 N–H and O–H groups in total. The van der Waals surface area contributed by atoms with E-state index in [9.17, 15) is 0 Å². The number of aromatic nitrogens is 1. The van der Waals surface area contributed by atoms with Gasteiger partial charge in [0.2, 0.25) is 0 Å². The molecule has 1 aromatic heterocycles. The first-order valence-electron chi connectivity index (χ1n) is 2.68. The fourth-order valence-corrected chi connectivity index (χ4v) is 0.687. The maximum Gasteiger partial charge on any atom is 0.0375 e. The summed E-state index contributed by atoms with van der Waals surface area (Å²) in [5.74, 6) is 0. The lowest BCUT2D eigenvalue weighted by molar-refractivity contribution is 1.18. The van der Waals surface area contributed by atoms with Gasteiger partial charge in [0.15, 0.2) is 0 Å². The van der Waals surface area contributed by atoms with Gasteiger partial charge in [-0.05, 0) is 31.5 Å². The minimum Gasteiger partial charge on any atom is -0.344 e. The molecule has 0 radical (unpaired) electrons. The van der Waals surface area contributed by atoms with Gasteiger partial charge in [-0.3, -0.25) is 4.98 Å². The van der Waals surface area contributed by atoms with Gasteiger partial charge in [-0.25, -0.2) is 0 Å². The Kier molecular flexibility index (Phi) is 2.88. The highest BCUT2D eigenvalue weighted by molar-refractivity contribution is 5.12. The number of rotatable bonds is 0. The summed E-state index contributed by atoms with van der Waals surface area (Å²) in [4.78, 5) is 4.04. The van der Waals surface area contributed by atoms with Crippen LogP contribution < -0.4 is 6.15 Å². The zero-order valence-electron chi connectivity index (χ0n) is 5.89. The molecule has 0 amide bonds. The molecule has 2 nitrogen and oxygen atoms in total. The van der Waals surface area contributed by atoms with Gasteiger partial charge in [-0.15, -0.1) is 0 Å². The van der Waals surface area contributed by atoms with Gasteiger partial charge < -0.3 is 6.15 Å². The summed E-state index contributed by atoms with van der Waals surface area (Å²) in [5.41, 5.74) is 2.36. The average Bonchev–Trinajstić information content (AvgIpc) is 1.64. The maximum atomic E-state index is 4.04. The third kappa shape index (κ3) is 2.24. The highest BCUT2D eigenvalue weighted by Gasteiger charge is 1.82. The van der Waals surface area contributed by atoms with E-state index in [1.54, 1.807) is 0 Å². The monoisotopic (exact) mass is 124 g/mol. The van der Waals surface area contributed by atoms with E-state index in [-0.39, 0.29) is 6.15 Å². The molecule has 0 aromatic carbocycles. The van der Waals surface area contributed by atoms with E-state index in [1.165, 1.54) is 5.56 Å². The summed E-state index contributed by atoms with van der Waals surface area (Å²) >= 11 is 0. The van der Waals surface area contributed by atoms with Crippen LogP contribution in [0.5, 0.6) is 0 Å². The van der Waals surface area contributed by atoms with Gasteiger partial charge in [0.05, 0.1) is 0 Å². The molecule has 0 saturated heterocycles. The Bertz CT molecular complexity index is 167. The van der Waals surface area contributed by atoms with Crippen molar-refractivity contribution >= 4 is 0 Å². The Morgan fingerprint density at radius 2 is 2.00 bits per heavy atom. The second kappa shape index (κ2) is 3.20. The van der Waals surface area contributed by atoms with E-state index in [4.69, 9.17) is 0 Å². The molecular weight excluding hydrogens is 112 g/mol. The molecule has 50 valence electrons. The normalized spacial score (nSPS) is 8.22. The van der Waals surface area contributed by atoms with E-state index >= 15 is 0 Å². The first-order valence-corrected chi connectivity index (χ1v) is 2.68. The molecule has 2 heteroatoms. The fourth-order valence-electron chi connectivity index (χ4n) is 0.687.